The lowest BCUT2D eigenvalue weighted by atomic mass is 10.1. The molecule has 0 bridgehead atoms. The predicted molar refractivity (Wildman–Crippen MR) is 148 cm³/mol. The van der Waals surface area contributed by atoms with Crippen LogP contribution < -0.4 is 14.4 Å². The minimum absolute atomic E-state index is 0.0252. The zero-order valence-electron chi connectivity index (χ0n) is 21.3. The largest absolute Gasteiger partial charge is 0.494 e. The van der Waals surface area contributed by atoms with Gasteiger partial charge in [-0.05, 0) is 55.0 Å². The van der Waals surface area contributed by atoms with Crippen LogP contribution in [0.4, 0.5) is 5.69 Å². The van der Waals surface area contributed by atoms with Gasteiger partial charge in [-0.25, -0.2) is 4.79 Å². The highest BCUT2D eigenvalue weighted by atomic mass is 16.5. The summed E-state index contributed by atoms with van der Waals surface area (Å²) in [4.78, 5) is 24.5. The fraction of sp³-hybridized carbons (Fsp3) is 0.290. The highest BCUT2D eigenvalue weighted by Crippen LogP contribution is 2.38. The van der Waals surface area contributed by atoms with E-state index in [2.05, 4.69) is 24.3 Å². The van der Waals surface area contributed by atoms with Crippen LogP contribution >= 0.6 is 0 Å². The molecule has 0 saturated heterocycles. The van der Waals surface area contributed by atoms with E-state index < -0.39 is 18.0 Å². The Morgan fingerprint density at radius 3 is 2.45 bits per heavy atom. The number of hydrogen-bond donors (Lipinski definition) is 2. The van der Waals surface area contributed by atoms with Gasteiger partial charge in [-0.2, -0.15) is 0 Å². The number of anilines is 1. The smallest absolute Gasteiger partial charge is 0.346 e. The standard InChI is InChI=1S/C31H33NO6/c33-29(34)13-7-20-32-22-28(31(35)36)38-30-25(11-6-12-27(30)32)17-14-24-15-18-26(19-16-24)37-21-5-4-10-23-8-2-1-3-9-23/h1-3,6,8-9,11-12,14-19,28H,4-5,7,10,13,20-22H2,(H,33,34)(H,35,36). The molecule has 0 radical (unpaired) electrons. The fourth-order valence-electron chi connectivity index (χ4n) is 4.42. The molecular formula is C31H33NO6. The van der Waals surface area contributed by atoms with Crippen molar-refractivity contribution in [3.63, 3.8) is 0 Å². The number of hydrogen-bond acceptors (Lipinski definition) is 5. The van der Waals surface area contributed by atoms with Gasteiger partial charge in [0.2, 0.25) is 6.10 Å². The molecule has 0 aliphatic carbocycles. The van der Waals surface area contributed by atoms with E-state index >= 15 is 0 Å². The monoisotopic (exact) mass is 515 g/mol. The second-order valence-corrected chi connectivity index (χ2v) is 9.28. The molecule has 198 valence electrons. The molecule has 7 heteroatoms. The minimum atomic E-state index is -1.05. The molecule has 2 N–H and O–H groups in total. The maximum atomic E-state index is 11.7. The van der Waals surface area contributed by atoms with Crippen molar-refractivity contribution in [3.8, 4) is 11.5 Å². The lowest BCUT2D eigenvalue weighted by Crippen LogP contribution is -2.45. The molecule has 0 amide bonds. The highest BCUT2D eigenvalue weighted by molar-refractivity contribution is 5.81. The van der Waals surface area contributed by atoms with Gasteiger partial charge < -0.3 is 24.6 Å². The summed E-state index contributed by atoms with van der Waals surface area (Å²) < 4.78 is 11.7. The van der Waals surface area contributed by atoms with E-state index in [0.717, 1.165) is 41.8 Å². The third-order valence-corrected chi connectivity index (χ3v) is 6.41. The van der Waals surface area contributed by atoms with Gasteiger partial charge in [0.25, 0.3) is 0 Å². The molecule has 0 fully saturated rings. The van der Waals surface area contributed by atoms with E-state index in [0.29, 0.717) is 25.3 Å². The minimum Gasteiger partial charge on any atom is -0.494 e. The summed E-state index contributed by atoms with van der Waals surface area (Å²) in [6, 6.07) is 23.9. The van der Waals surface area contributed by atoms with Crippen LogP contribution in [-0.4, -0.2) is 48.0 Å². The van der Waals surface area contributed by atoms with Crippen LogP contribution in [0.15, 0.2) is 72.8 Å². The third-order valence-electron chi connectivity index (χ3n) is 6.41. The van der Waals surface area contributed by atoms with Crippen molar-refractivity contribution in [2.24, 2.45) is 0 Å². The number of unbranched alkanes of at least 4 members (excludes halogenated alkanes) is 1. The average molecular weight is 516 g/mol. The molecule has 38 heavy (non-hydrogen) atoms. The second-order valence-electron chi connectivity index (χ2n) is 9.28. The maximum absolute atomic E-state index is 11.7. The Bertz CT molecular complexity index is 1240. The number of aryl methyl sites for hydroxylation is 1. The van der Waals surface area contributed by atoms with Crippen LogP contribution in [0, 0.1) is 0 Å². The Balaban J connectivity index is 1.35. The van der Waals surface area contributed by atoms with Crippen LogP contribution in [0.25, 0.3) is 12.2 Å². The van der Waals surface area contributed by atoms with Crippen LogP contribution in [0.1, 0.15) is 42.4 Å². The van der Waals surface area contributed by atoms with E-state index in [9.17, 15) is 14.7 Å². The van der Waals surface area contributed by atoms with Crippen LogP contribution in [0.5, 0.6) is 11.5 Å². The predicted octanol–water partition coefficient (Wildman–Crippen LogP) is 5.78. The van der Waals surface area contributed by atoms with Gasteiger partial charge in [-0.1, -0.05) is 66.7 Å². The Morgan fingerprint density at radius 2 is 1.71 bits per heavy atom. The normalized spacial score (nSPS) is 14.6. The highest BCUT2D eigenvalue weighted by Gasteiger charge is 2.31. The summed E-state index contributed by atoms with van der Waals surface area (Å²) in [5, 5.41) is 18.6. The van der Waals surface area contributed by atoms with Crippen molar-refractivity contribution in [2.45, 2.75) is 38.2 Å². The number of carbonyl (C=O) groups is 2. The maximum Gasteiger partial charge on any atom is 0.346 e. The van der Waals surface area contributed by atoms with Gasteiger partial charge in [0.05, 0.1) is 18.8 Å². The summed E-state index contributed by atoms with van der Waals surface area (Å²) in [6.45, 7) is 1.28. The molecular weight excluding hydrogens is 482 g/mol. The molecule has 1 unspecified atom stereocenters. The topological polar surface area (TPSA) is 96.3 Å². The van der Waals surface area contributed by atoms with Crippen molar-refractivity contribution < 1.29 is 29.3 Å². The molecule has 0 saturated carbocycles. The first-order chi connectivity index (χ1) is 18.5. The summed E-state index contributed by atoms with van der Waals surface area (Å²) in [5.41, 5.74) is 3.85. The van der Waals surface area contributed by atoms with E-state index in [4.69, 9.17) is 14.6 Å². The van der Waals surface area contributed by atoms with Crippen molar-refractivity contribution in [1.82, 2.24) is 0 Å². The quantitative estimate of drug-likeness (QED) is 0.220. The third kappa shape index (κ3) is 7.62. The number of carboxylic acid groups (broad SMARTS) is 2. The summed E-state index contributed by atoms with van der Waals surface area (Å²) in [7, 11) is 0. The van der Waals surface area contributed by atoms with Crippen LogP contribution in [0.3, 0.4) is 0 Å². The van der Waals surface area contributed by atoms with Gasteiger partial charge in [0, 0.05) is 18.5 Å². The van der Waals surface area contributed by atoms with Gasteiger partial charge in [-0.15, -0.1) is 0 Å². The number of nitrogens with zero attached hydrogens (tertiary/aromatic N) is 1. The molecule has 1 aliphatic rings. The van der Waals surface area contributed by atoms with Crippen molar-refractivity contribution in [1.29, 1.82) is 0 Å². The van der Waals surface area contributed by atoms with Crippen LogP contribution in [-0.2, 0) is 16.0 Å². The lowest BCUT2D eigenvalue weighted by Gasteiger charge is -2.35. The molecule has 3 aromatic carbocycles. The number of carboxylic acids is 2. The number of benzene rings is 3. The summed E-state index contributed by atoms with van der Waals surface area (Å²) in [6.07, 6.45) is 6.38. The van der Waals surface area contributed by atoms with Crippen molar-refractivity contribution in [2.75, 3.05) is 24.6 Å². The van der Waals surface area contributed by atoms with Gasteiger partial charge >= 0.3 is 11.9 Å². The molecule has 7 nitrogen and oxygen atoms in total. The summed E-state index contributed by atoms with van der Waals surface area (Å²) in [5.74, 6) is -0.602. The molecule has 3 aromatic rings. The van der Waals surface area contributed by atoms with E-state index in [1.807, 2.05) is 65.6 Å². The zero-order chi connectivity index (χ0) is 26.7. The van der Waals surface area contributed by atoms with E-state index in [1.165, 1.54) is 5.56 Å². The first-order valence-corrected chi connectivity index (χ1v) is 12.9. The van der Waals surface area contributed by atoms with Crippen molar-refractivity contribution >= 4 is 29.8 Å². The van der Waals surface area contributed by atoms with Crippen molar-refractivity contribution in [3.05, 3.63) is 89.5 Å². The first-order valence-electron chi connectivity index (χ1n) is 12.9. The van der Waals surface area contributed by atoms with Gasteiger partial charge in [0.15, 0.2) is 5.75 Å². The zero-order valence-corrected chi connectivity index (χ0v) is 21.3. The van der Waals surface area contributed by atoms with E-state index in [1.54, 1.807) is 0 Å². The first kappa shape index (κ1) is 26.8. The average Bonchev–Trinajstić information content (AvgIpc) is 2.92. The molecule has 1 atom stereocenters. The Morgan fingerprint density at radius 1 is 0.921 bits per heavy atom. The Hall–Kier alpha value is -4.26. The molecule has 1 aliphatic heterocycles. The number of para-hydroxylation sites is 1. The van der Waals surface area contributed by atoms with E-state index in [-0.39, 0.29) is 13.0 Å². The Labute approximate surface area is 222 Å². The Kier molecular flexibility index (Phi) is 9.40. The molecule has 1 heterocycles. The molecule has 4 rings (SSSR count). The SMILES string of the molecule is O=C(O)CCCN1CC(C(=O)O)Oc2c(C=Cc3ccc(OCCCCc4ccccc4)cc3)cccc21. The summed E-state index contributed by atoms with van der Waals surface area (Å²) >= 11 is 0. The number of rotatable bonds is 13. The van der Waals surface area contributed by atoms with Gasteiger partial charge in [0.1, 0.15) is 5.75 Å². The number of ether oxygens (including phenoxy) is 2. The van der Waals surface area contributed by atoms with Gasteiger partial charge in [-0.3, -0.25) is 4.79 Å². The molecule has 0 spiro atoms. The fourth-order valence-corrected chi connectivity index (χ4v) is 4.42. The number of fused-ring (bicyclic) bond motifs is 1. The number of aliphatic carboxylic acids is 2. The second kappa shape index (κ2) is 13.3. The van der Waals surface area contributed by atoms with Crippen LogP contribution in [0.2, 0.25) is 0 Å². The lowest BCUT2D eigenvalue weighted by molar-refractivity contribution is -0.145. The molecule has 0 aromatic heterocycles.